The number of halogens is 1. The van der Waals surface area contributed by atoms with E-state index in [0.29, 0.717) is 29.6 Å². The lowest BCUT2D eigenvalue weighted by atomic mass is 10.1. The highest BCUT2D eigenvalue weighted by atomic mass is 32.1. The van der Waals surface area contributed by atoms with Gasteiger partial charge < -0.3 is 9.64 Å². The maximum Gasteiger partial charge on any atom is 0.264 e. The van der Waals surface area contributed by atoms with Crippen LogP contribution in [0.15, 0.2) is 72.1 Å². The molecule has 0 fully saturated rings. The van der Waals surface area contributed by atoms with Crippen molar-refractivity contribution >= 4 is 17.2 Å². The Bertz CT molecular complexity index is 1240. The lowest BCUT2D eigenvalue weighted by molar-refractivity contribution is 0.0746. The summed E-state index contributed by atoms with van der Waals surface area (Å²) in [5.41, 5.74) is 2.49. The molecule has 5 nitrogen and oxygen atoms in total. The summed E-state index contributed by atoms with van der Waals surface area (Å²) in [6.45, 7) is 7.13. The number of benzene rings is 2. The van der Waals surface area contributed by atoms with Gasteiger partial charge in [-0.15, -0.1) is 11.3 Å². The van der Waals surface area contributed by atoms with Crippen molar-refractivity contribution < 1.29 is 13.9 Å². The van der Waals surface area contributed by atoms with E-state index in [-0.39, 0.29) is 17.6 Å². The highest BCUT2D eigenvalue weighted by Gasteiger charge is 2.27. The third-order valence-electron chi connectivity index (χ3n) is 5.39. The summed E-state index contributed by atoms with van der Waals surface area (Å²) in [5.74, 6) is 0.557. The topological polar surface area (TPSA) is 47.4 Å². The number of para-hydroxylation sites is 1. The zero-order chi connectivity index (χ0) is 24.1. The first kappa shape index (κ1) is 23.7. The minimum absolute atomic E-state index is 0.0178. The Hall–Kier alpha value is -3.45. The van der Waals surface area contributed by atoms with E-state index in [1.165, 1.54) is 23.5 Å². The fourth-order valence-corrected chi connectivity index (χ4v) is 4.51. The SMILES string of the molecule is CCCN(Cc1c(C(C)C)nn(-c2ccccc2)c1Oc1cccc(F)c1)C(=O)c1cccs1. The molecule has 176 valence electrons. The molecule has 0 saturated heterocycles. The van der Waals surface area contributed by atoms with Gasteiger partial charge in [0.1, 0.15) is 11.6 Å². The van der Waals surface area contributed by atoms with Gasteiger partial charge in [0.05, 0.1) is 28.4 Å². The van der Waals surface area contributed by atoms with E-state index in [1.807, 2.05) is 52.7 Å². The van der Waals surface area contributed by atoms with Crippen LogP contribution in [0.3, 0.4) is 0 Å². The van der Waals surface area contributed by atoms with E-state index in [0.717, 1.165) is 23.4 Å². The monoisotopic (exact) mass is 477 g/mol. The molecule has 0 radical (unpaired) electrons. The molecule has 4 aromatic rings. The smallest absolute Gasteiger partial charge is 0.264 e. The molecule has 0 aliphatic heterocycles. The molecule has 2 aromatic heterocycles. The molecule has 34 heavy (non-hydrogen) atoms. The summed E-state index contributed by atoms with van der Waals surface area (Å²) in [5, 5.41) is 6.80. The Kier molecular flexibility index (Phi) is 7.43. The molecule has 0 aliphatic rings. The van der Waals surface area contributed by atoms with Crippen molar-refractivity contribution in [2.24, 2.45) is 0 Å². The first-order valence-electron chi connectivity index (χ1n) is 11.4. The minimum Gasteiger partial charge on any atom is -0.438 e. The predicted octanol–water partition coefficient (Wildman–Crippen LogP) is 7.04. The third-order valence-corrected chi connectivity index (χ3v) is 6.25. The number of ether oxygens (including phenoxy) is 1. The zero-order valence-electron chi connectivity index (χ0n) is 19.6. The molecule has 4 rings (SSSR count). The normalized spacial score (nSPS) is 11.1. The van der Waals surface area contributed by atoms with E-state index >= 15 is 0 Å². The molecule has 1 amide bonds. The van der Waals surface area contributed by atoms with Gasteiger partial charge in [-0.3, -0.25) is 4.79 Å². The summed E-state index contributed by atoms with van der Waals surface area (Å²) in [4.78, 5) is 15.8. The molecule has 0 unspecified atom stereocenters. The van der Waals surface area contributed by atoms with Crippen LogP contribution in [0.4, 0.5) is 4.39 Å². The first-order valence-corrected chi connectivity index (χ1v) is 12.3. The van der Waals surface area contributed by atoms with Gasteiger partial charge in [0.25, 0.3) is 5.91 Å². The summed E-state index contributed by atoms with van der Waals surface area (Å²) in [6.07, 6.45) is 0.820. The number of carbonyl (C=O) groups excluding carboxylic acids is 1. The van der Waals surface area contributed by atoms with Gasteiger partial charge >= 0.3 is 0 Å². The van der Waals surface area contributed by atoms with Crippen molar-refractivity contribution in [2.75, 3.05) is 6.54 Å². The lowest BCUT2D eigenvalue weighted by Crippen LogP contribution is -2.31. The molecule has 0 saturated carbocycles. The summed E-state index contributed by atoms with van der Waals surface area (Å²) in [7, 11) is 0. The quantitative estimate of drug-likeness (QED) is 0.260. The Labute approximate surface area is 203 Å². The highest BCUT2D eigenvalue weighted by molar-refractivity contribution is 7.12. The van der Waals surface area contributed by atoms with E-state index in [2.05, 4.69) is 20.8 Å². The van der Waals surface area contributed by atoms with E-state index in [1.54, 1.807) is 16.8 Å². The fraction of sp³-hybridized carbons (Fsp3) is 0.259. The van der Waals surface area contributed by atoms with Gasteiger partial charge in [0.2, 0.25) is 5.88 Å². The molecule has 2 aromatic carbocycles. The molecular formula is C27H28FN3O2S. The van der Waals surface area contributed by atoms with Crippen molar-refractivity contribution in [1.82, 2.24) is 14.7 Å². The maximum absolute atomic E-state index is 13.9. The predicted molar refractivity (Wildman–Crippen MR) is 133 cm³/mol. The van der Waals surface area contributed by atoms with Gasteiger partial charge in [-0.2, -0.15) is 5.10 Å². The second kappa shape index (κ2) is 10.7. The molecule has 0 atom stereocenters. The maximum atomic E-state index is 13.9. The Morgan fingerprint density at radius 1 is 1.12 bits per heavy atom. The summed E-state index contributed by atoms with van der Waals surface area (Å²) in [6, 6.07) is 19.5. The van der Waals surface area contributed by atoms with Crippen LogP contribution in [0.1, 0.15) is 54.0 Å². The van der Waals surface area contributed by atoms with E-state index < -0.39 is 0 Å². The van der Waals surface area contributed by atoms with Crippen LogP contribution >= 0.6 is 11.3 Å². The van der Waals surface area contributed by atoms with Crippen molar-refractivity contribution in [1.29, 1.82) is 0 Å². The molecule has 7 heteroatoms. The fourth-order valence-electron chi connectivity index (χ4n) is 3.82. The van der Waals surface area contributed by atoms with Crippen LogP contribution in [-0.2, 0) is 6.54 Å². The van der Waals surface area contributed by atoms with Crippen LogP contribution in [0.25, 0.3) is 5.69 Å². The lowest BCUT2D eigenvalue weighted by Gasteiger charge is -2.23. The first-order chi connectivity index (χ1) is 16.5. The largest absolute Gasteiger partial charge is 0.438 e. The summed E-state index contributed by atoms with van der Waals surface area (Å²) >= 11 is 1.43. The minimum atomic E-state index is -0.380. The van der Waals surface area contributed by atoms with Gasteiger partial charge in [-0.25, -0.2) is 9.07 Å². The number of nitrogens with zero attached hydrogens (tertiary/aromatic N) is 3. The number of aromatic nitrogens is 2. The second-order valence-corrected chi connectivity index (χ2v) is 9.28. The molecular weight excluding hydrogens is 449 g/mol. The van der Waals surface area contributed by atoms with Gasteiger partial charge in [0, 0.05) is 12.6 Å². The number of rotatable bonds is 9. The number of hydrogen-bond donors (Lipinski definition) is 0. The van der Waals surface area contributed by atoms with Crippen LogP contribution in [0.5, 0.6) is 11.6 Å². The summed E-state index contributed by atoms with van der Waals surface area (Å²) < 4.78 is 22.0. The van der Waals surface area contributed by atoms with Crippen molar-refractivity contribution in [3.8, 4) is 17.3 Å². The average Bonchev–Trinajstić information content (AvgIpc) is 3.48. The van der Waals surface area contributed by atoms with Crippen molar-refractivity contribution in [3.63, 3.8) is 0 Å². The highest BCUT2D eigenvalue weighted by Crippen LogP contribution is 2.35. The average molecular weight is 478 g/mol. The number of thiophene rings is 1. The van der Waals surface area contributed by atoms with Crippen LogP contribution in [0.2, 0.25) is 0 Å². The Balaban J connectivity index is 1.83. The van der Waals surface area contributed by atoms with Crippen LogP contribution in [0, 0.1) is 5.82 Å². The molecule has 0 bridgehead atoms. The molecule has 2 heterocycles. The van der Waals surface area contributed by atoms with Gasteiger partial charge in [-0.1, -0.05) is 51.1 Å². The standard InChI is InChI=1S/C27H28FN3O2S/c1-4-15-30(26(32)24-14-9-16-34-24)18-23-25(19(2)3)29-31(21-11-6-5-7-12-21)27(23)33-22-13-8-10-20(28)17-22/h5-14,16-17,19H,4,15,18H2,1-3H3. The molecule has 0 N–H and O–H groups in total. The molecule has 0 aliphatic carbocycles. The number of amides is 1. The number of hydrogen-bond acceptors (Lipinski definition) is 4. The van der Waals surface area contributed by atoms with Gasteiger partial charge in [-0.05, 0) is 48.1 Å². The van der Waals surface area contributed by atoms with Gasteiger partial charge in [0.15, 0.2) is 0 Å². The zero-order valence-corrected chi connectivity index (χ0v) is 20.4. The third kappa shape index (κ3) is 5.20. The second-order valence-electron chi connectivity index (χ2n) is 8.33. The molecule has 0 spiro atoms. The Morgan fingerprint density at radius 3 is 2.56 bits per heavy atom. The van der Waals surface area contributed by atoms with E-state index in [4.69, 9.17) is 9.84 Å². The van der Waals surface area contributed by atoms with Crippen LogP contribution in [-0.4, -0.2) is 27.1 Å². The van der Waals surface area contributed by atoms with E-state index in [9.17, 15) is 9.18 Å². The van der Waals surface area contributed by atoms with Crippen LogP contribution < -0.4 is 4.74 Å². The number of carbonyl (C=O) groups is 1. The van der Waals surface area contributed by atoms with Crippen molar-refractivity contribution in [2.45, 2.75) is 39.7 Å². The Morgan fingerprint density at radius 2 is 1.91 bits per heavy atom. The van der Waals surface area contributed by atoms with Crippen molar-refractivity contribution in [3.05, 3.63) is 94.1 Å².